The minimum atomic E-state index is 0.250. The molecule has 0 saturated heterocycles. The van der Waals surface area contributed by atoms with Crippen LogP contribution in [0.3, 0.4) is 0 Å². The Morgan fingerprint density at radius 1 is 1.67 bits per heavy atom. The van der Waals surface area contributed by atoms with Gasteiger partial charge in [0, 0.05) is 6.61 Å². The lowest BCUT2D eigenvalue weighted by atomic mass is 10.5. The minimum absolute atomic E-state index is 0.250. The molecule has 12 heavy (non-hydrogen) atoms. The van der Waals surface area contributed by atoms with Gasteiger partial charge in [0.05, 0.1) is 12.0 Å². The number of thioether (sulfide) groups is 1. The van der Waals surface area contributed by atoms with Crippen molar-refractivity contribution in [1.82, 2.24) is 0 Å². The Kier molecular flexibility index (Phi) is 4.25. The van der Waals surface area contributed by atoms with Crippen molar-refractivity contribution < 1.29 is 9.15 Å². The molecule has 0 spiro atoms. The Balaban J connectivity index is 2.17. The molecule has 1 atom stereocenters. The monoisotopic (exact) mass is 186 g/mol. The molecule has 68 valence electrons. The van der Waals surface area contributed by atoms with Crippen molar-refractivity contribution in [2.75, 3.05) is 6.61 Å². The number of hydrogen-bond donors (Lipinski definition) is 0. The van der Waals surface area contributed by atoms with Gasteiger partial charge in [-0.3, -0.25) is 0 Å². The highest BCUT2D eigenvalue weighted by Crippen LogP contribution is 2.18. The fourth-order valence-corrected chi connectivity index (χ4v) is 1.67. The van der Waals surface area contributed by atoms with Gasteiger partial charge in [0.2, 0.25) is 0 Å². The Bertz CT molecular complexity index is 196. The normalized spacial score (nSPS) is 13.2. The number of rotatable bonds is 5. The van der Waals surface area contributed by atoms with Crippen LogP contribution >= 0.6 is 11.8 Å². The molecule has 1 aromatic rings. The van der Waals surface area contributed by atoms with Crippen molar-refractivity contribution in [3.05, 3.63) is 24.2 Å². The van der Waals surface area contributed by atoms with Gasteiger partial charge in [0.15, 0.2) is 0 Å². The third-order valence-corrected chi connectivity index (χ3v) is 2.50. The van der Waals surface area contributed by atoms with Crippen molar-refractivity contribution in [3.63, 3.8) is 0 Å². The second-order valence-electron chi connectivity index (χ2n) is 2.41. The SMILES string of the molecule is CCOC(C)SCc1ccco1. The standard InChI is InChI=1S/C9H14O2S/c1-3-10-8(2)12-7-9-5-4-6-11-9/h4-6,8H,3,7H2,1-2H3. The second-order valence-corrected chi connectivity index (χ2v) is 3.70. The second kappa shape index (κ2) is 5.27. The molecule has 0 aromatic carbocycles. The van der Waals surface area contributed by atoms with Gasteiger partial charge in [-0.05, 0) is 26.0 Å². The maximum atomic E-state index is 5.36. The van der Waals surface area contributed by atoms with Gasteiger partial charge >= 0.3 is 0 Å². The first-order valence-corrected chi connectivity index (χ1v) is 5.13. The summed E-state index contributed by atoms with van der Waals surface area (Å²) in [5, 5.41) is 0. The van der Waals surface area contributed by atoms with Crippen molar-refractivity contribution >= 4 is 11.8 Å². The molecular weight excluding hydrogens is 172 g/mol. The highest BCUT2D eigenvalue weighted by atomic mass is 32.2. The van der Waals surface area contributed by atoms with Gasteiger partial charge in [-0.1, -0.05) is 0 Å². The van der Waals surface area contributed by atoms with E-state index in [1.165, 1.54) is 0 Å². The Hall–Kier alpha value is -0.410. The average Bonchev–Trinajstić information content (AvgIpc) is 2.53. The largest absolute Gasteiger partial charge is 0.468 e. The van der Waals surface area contributed by atoms with Crippen molar-refractivity contribution in [1.29, 1.82) is 0 Å². The fraction of sp³-hybridized carbons (Fsp3) is 0.556. The highest BCUT2D eigenvalue weighted by molar-refractivity contribution is 7.98. The summed E-state index contributed by atoms with van der Waals surface area (Å²) in [5.41, 5.74) is 0.250. The predicted molar refractivity (Wildman–Crippen MR) is 51.1 cm³/mol. The third kappa shape index (κ3) is 3.32. The first-order chi connectivity index (χ1) is 5.83. The molecule has 0 radical (unpaired) electrons. The minimum Gasteiger partial charge on any atom is -0.468 e. The summed E-state index contributed by atoms with van der Waals surface area (Å²) in [7, 11) is 0. The van der Waals surface area contributed by atoms with Gasteiger partial charge in [0.1, 0.15) is 11.2 Å². The number of hydrogen-bond acceptors (Lipinski definition) is 3. The zero-order valence-corrected chi connectivity index (χ0v) is 8.26. The van der Waals surface area contributed by atoms with Crippen LogP contribution in [0, 0.1) is 0 Å². The van der Waals surface area contributed by atoms with Crippen LogP contribution in [0.1, 0.15) is 19.6 Å². The average molecular weight is 186 g/mol. The van der Waals surface area contributed by atoms with E-state index in [1.807, 2.05) is 19.1 Å². The molecule has 1 rings (SSSR count). The number of furan rings is 1. The quantitative estimate of drug-likeness (QED) is 0.660. The first-order valence-electron chi connectivity index (χ1n) is 4.08. The van der Waals surface area contributed by atoms with Crippen LogP contribution in [0.25, 0.3) is 0 Å². The van der Waals surface area contributed by atoms with Crippen LogP contribution in [-0.4, -0.2) is 12.0 Å². The van der Waals surface area contributed by atoms with Gasteiger partial charge < -0.3 is 9.15 Å². The Morgan fingerprint density at radius 2 is 2.50 bits per heavy atom. The highest BCUT2D eigenvalue weighted by Gasteiger charge is 2.02. The topological polar surface area (TPSA) is 22.4 Å². The zero-order valence-electron chi connectivity index (χ0n) is 7.45. The summed E-state index contributed by atoms with van der Waals surface area (Å²) in [5.74, 6) is 1.89. The van der Waals surface area contributed by atoms with Crippen molar-refractivity contribution in [3.8, 4) is 0 Å². The van der Waals surface area contributed by atoms with Crippen LogP contribution in [0.4, 0.5) is 0 Å². The van der Waals surface area contributed by atoms with E-state index in [1.54, 1.807) is 18.0 Å². The van der Waals surface area contributed by atoms with E-state index in [2.05, 4.69) is 6.92 Å². The first kappa shape index (κ1) is 9.68. The van der Waals surface area contributed by atoms with E-state index in [0.717, 1.165) is 18.1 Å². The summed E-state index contributed by atoms with van der Waals surface area (Å²) in [6.07, 6.45) is 1.70. The lowest BCUT2D eigenvalue weighted by molar-refractivity contribution is 0.137. The summed E-state index contributed by atoms with van der Waals surface area (Å²) in [6, 6.07) is 3.88. The van der Waals surface area contributed by atoms with Crippen molar-refractivity contribution in [2.45, 2.75) is 25.0 Å². The lowest BCUT2D eigenvalue weighted by Crippen LogP contribution is -2.02. The molecule has 0 fully saturated rings. The van der Waals surface area contributed by atoms with E-state index in [-0.39, 0.29) is 5.44 Å². The molecule has 3 heteroatoms. The molecule has 1 heterocycles. The summed E-state index contributed by atoms with van der Waals surface area (Å²) < 4.78 is 10.5. The Morgan fingerprint density at radius 3 is 3.08 bits per heavy atom. The van der Waals surface area contributed by atoms with Crippen LogP contribution in [0.15, 0.2) is 22.8 Å². The zero-order chi connectivity index (χ0) is 8.81. The lowest BCUT2D eigenvalue weighted by Gasteiger charge is -2.09. The van der Waals surface area contributed by atoms with E-state index in [9.17, 15) is 0 Å². The molecule has 0 aliphatic carbocycles. The molecular formula is C9H14O2S. The Labute approximate surface area is 77.3 Å². The molecule has 1 unspecified atom stereocenters. The number of ether oxygens (including phenoxy) is 1. The van der Waals surface area contributed by atoms with E-state index in [0.29, 0.717) is 0 Å². The molecule has 0 bridgehead atoms. The van der Waals surface area contributed by atoms with Gasteiger partial charge in [0.25, 0.3) is 0 Å². The fourth-order valence-electron chi connectivity index (χ4n) is 0.877. The van der Waals surface area contributed by atoms with Crippen LogP contribution < -0.4 is 0 Å². The maximum Gasteiger partial charge on any atom is 0.113 e. The van der Waals surface area contributed by atoms with Crippen LogP contribution in [-0.2, 0) is 10.5 Å². The molecule has 1 aromatic heterocycles. The van der Waals surface area contributed by atoms with Gasteiger partial charge in [-0.15, -0.1) is 11.8 Å². The van der Waals surface area contributed by atoms with Crippen LogP contribution in [0.5, 0.6) is 0 Å². The van der Waals surface area contributed by atoms with E-state index < -0.39 is 0 Å². The third-order valence-electron chi connectivity index (χ3n) is 1.44. The molecule has 0 amide bonds. The summed E-state index contributed by atoms with van der Waals surface area (Å²) in [4.78, 5) is 0. The van der Waals surface area contributed by atoms with Gasteiger partial charge in [-0.2, -0.15) is 0 Å². The summed E-state index contributed by atoms with van der Waals surface area (Å²) >= 11 is 1.74. The van der Waals surface area contributed by atoms with E-state index >= 15 is 0 Å². The van der Waals surface area contributed by atoms with Crippen molar-refractivity contribution in [2.24, 2.45) is 0 Å². The molecule has 0 saturated carbocycles. The predicted octanol–water partition coefficient (Wildman–Crippen LogP) is 2.90. The van der Waals surface area contributed by atoms with Gasteiger partial charge in [-0.25, -0.2) is 0 Å². The molecule has 0 aliphatic rings. The van der Waals surface area contributed by atoms with E-state index in [4.69, 9.17) is 9.15 Å². The maximum absolute atomic E-state index is 5.36. The molecule has 0 N–H and O–H groups in total. The molecule has 0 aliphatic heterocycles. The van der Waals surface area contributed by atoms with Crippen LogP contribution in [0.2, 0.25) is 0 Å². The smallest absolute Gasteiger partial charge is 0.113 e. The summed E-state index contributed by atoms with van der Waals surface area (Å²) in [6.45, 7) is 4.83. The molecule has 2 nitrogen and oxygen atoms in total.